The van der Waals surface area contributed by atoms with Crippen molar-refractivity contribution in [2.24, 2.45) is 0 Å². The number of nitro benzene ring substituents is 1. The van der Waals surface area contributed by atoms with Crippen LogP contribution < -0.4 is 0 Å². The van der Waals surface area contributed by atoms with E-state index in [1.807, 2.05) is 13.0 Å². The van der Waals surface area contributed by atoms with E-state index in [4.69, 9.17) is 9.59 Å². The molecule has 0 fully saturated rings. The molecule has 0 unspecified atom stereocenters. The van der Waals surface area contributed by atoms with Crippen LogP contribution in [0, 0.1) is 17.0 Å². The van der Waals surface area contributed by atoms with Crippen molar-refractivity contribution in [2.45, 2.75) is 6.92 Å². The molecule has 0 aliphatic rings. The SMILES string of the molecule is Cc1cccc([N+](=O)[O-])c1.O=C=O. The van der Waals surface area contributed by atoms with Gasteiger partial charge in [0.25, 0.3) is 5.69 Å². The molecule has 0 N–H and O–H groups in total. The molecule has 0 atom stereocenters. The number of nitrogens with zero attached hydrogens (tertiary/aromatic N) is 1. The van der Waals surface area contributed by atoms with Gasteiger partial charge in [-0.1, -0.05) is 12.1 Å². The van der Waals surface area contributed by atoms with Crippen LogP contribution in [0.15, 0.2) is 24.3 Å². The number of carbonyl (C=O) groups excluding carboxylic acids is 2. The quantitative estimate of drug-likeness (QED) is 0.483. The van der Waals surface area contributed by atoms with Crippen LogP contribution in [0.3, 0.4) is 0 Å². The fourth-order valence-electron chi connectivity index (χ4n) is 0.742. The molecule has 1 aromatic carbocycles. The number of nitro groups is 1. The second-order valence-corrected chi connectivity index (χ2v) is 2.18. The van der Waals surface area contributed by atoms with E-state index >= 15 is 0 Å². The van der Waals surface area contributed by atoms with Crippen molar-refractivity contribution >= 4 is 11.8 Å². The third kappa shape index (κ3) is 4.44. The van der Waals surface area contributed by atoms with Crippen LogP contribution >= 0.6 is 0 Å². The smallest absolute Gasteiger partial charge is 0.258 e. The maximum Gasteiger partial charge on any atom is 0.373 e. The molecule has 0 spiro atoms. The van der Waals surface area contributed by atoms with Gasteiger partial charge in [0, 0.05) is 12.1 Å². The van der Waals surface area contributed by atoms with Crippen LogP contribution in [0.25, 0.3) is 0 Å². The van der Waals surface area contributed by atoms with E-state index in [0.29, 0.717) is 0 Å². The number of hydrogen-bond donors (Lipinski definition) is 0. The molecule has 0 radical (unpaired) electrons. The first-order valence-corrected chi connectivity index (χ1v) is 3.32. The summed E-state index contributed by atoms with van der Waals surface area (Å²) in [6.07, 6.45) is 0.250. The maximum atomic E-state index is 10.2. The summed E-state index contributed by atoms with van der Waals surface area (Å²) in [4.78, 5) is 26.0. The van der Waals surface area contributed by atoms with E-state index in [1.165, 1.54) is 6.07 Å². The molecule has 0 aromatic heterocycles. The standard InChI is InChI=1S/C7H7NO2.CO2/c1-6-3-2-4-7(5-6)8(9)10;2-1-3/h2-5H,1H3;. The van der Waals surface area contributed by atoms with Crippen LogP contribution in [-0.2, 0) is 9.59 Å². The summed E-state index contributed by atoms with van der Waals surface area (Å²) in [5.74, 6) is 0. The third-order valence-corrected chi connectivity index (χ3v) is 1.21. The lowest BCUT2D eigenvalue weighted by atomic mass is 10.2. The summed E-state index contributed by atoms with van der Waals surface area (Å²) >= 11 is 0. The second kappa shape index (κ2) is 5.62. The monoisotopic (exact) mass is 181 g/mol. The molecule has 0 heterocycles. The number of aryl methyl sites for hydroxylation is 1. The molecule has 0 amide bonds. The topological polar surface area (TPSA) is 77.3 Å². The van der Waals surface area contributed by atoms with E-state index < -0.39 is 4.92 Å². The highest BCUT2D eigenvalue weighted by Gasteiger charge is 2.01. The number of non-ortho nitro benzene ring substituents is 1. The Balaban J connectivity index is 0.000000424. The van der Waals surface area contributed by atoms with Crippen LogP contribution in [0.4, 0.5) is 5.69 Å². The lowest BCUT2D eigenvalue weighted by molar-refractivity contribution is -0.384. The van der Waals surface area contributed by atoms with E-state index in [2.05, 4.69) is 0 Å². The van der Waals surface area contributed by atoms with Gasteiger partial charge < -0.3 is 0 Å². The molecule has 0 aliphatic heterocycles. The van der Waals surface area contributed by atoms with Gasteiger partial charge in [0.05, 0.1) is 4.92 Å². The fourth-order valence-corrected chi connectivity index (χ4v) is 0.742. The van der Waals surface area contributed by atoms with Crippen molar-refractivity contribution in [3.8, 4) is 0 Å². The Morgan fingerprint density at radius 1 is 1.38 bits per heavy atom. The lowest BCUT2D eigenvalue weighted by Crippen LogP contribution is -1.86. The molecule has 13 heavy (non-hydrogen) atoms. The van der Waals surface area contributed by atoms with Gasteiger partial charge in [-0.25, -0.2) is 0 Å². The number of hydrogen-bond acceptors (Lipinski definition) is 4. The Labute approximate surface area is 74.1 Å². The largest absolute Gasteiger partial charge is 0.373 e. The normalized spacial score (nSPS) is 7.77. The van der Waals surface area contributed by atoms with Gasteiger partial charge in [-0.15, -0.1) is 0 Å². The summed E-state index contributed by atoms with van der Waals surface area (Å²) in [6, 6.07) is 6.52. The van der Waals surface area contributed by atoms with Crippen LogP contribution in [0.5, 0.6) is 0 Å². The molecule has 1 aromatic rings. The lowest BCUT2D eigenvalue weighted by Gasteiger charge is -1.90. The summed E-state index contributed by atoms with van der Waals surface area (Å²) in [6.45, 7) is 1.83. The molecule has 0 bridgehead atoms. The second-order valence-electron chi connectivity index (χ2n) is 2.18. The van der Waals surface area contributed by atoms with Gasteiger partial charge in [-0.3, -0.25) is 10.1 Å². The zero-order chi connectivity index (χ0) is 10.3. The van der Waals surface area contributed by atoms with Crippen molar-refractivity contribution in [2.75, 3.05) is 0 Å². The zero-order valence-corrected chi connectivity index (χ0v) is 6.89. The first kappa shape index (κ1) is 11.0. The van der Waals surface area contributed by atoms with Gasteiger partial charge >= 0.3 is 6.15 Å². The molecule has 0 aliphatic carbocycles. The van der Waals surface area contributed by atoms with Gasteiger partial charge in [0.2, 0.25) is 0 Å². The molecule has 5 heteroatoms. The van der Waals surface area contributed by atoms with E-state index in [-0.39, 0.29) is 11.8 Å². The number of benzene rings is 1. The molecule has 0 saturated heterocycles. The Morgan fingerprint density at radius 3 is 2.23 bits per heavy atom. The van der Waals surface area contributed by atoms with Crippen LogP contribution in [0.1, 0.15) is 5.56 Å². The van der Waals surface area contributed by atoms with Crippen molar-refractivity contribution in [3.05, 3.63) is 39.9 Å². The number of rotatable bonds is 1. The highest BCUT2D eigenvalue weighted by atomic mass is 16.6. The Hall–Kier alpha value is -2.00. The minimum absolute atomic E-state index is 0.153. The Morgan fingerprint density at radius 2 is 1.92 bits per heavy atom. The summed E-state index contributed by atoms with van der Waals surface area (Å²) in [7, 11) is 0. The van der Waals surface area contributed by atoms with Gasteiger partial charge in [-0.05, 0) is 12.5 Å². The molecule has 1 rings (SSSR count). The van der Waals surface area contributed by atoms with Gasteiger partial charge in [0.1, 0.15) is 0 Å². The van der Waals surface area contributed by atoms with E-state index in [9.17, 15) is 10.1 Å². The van der Waals surface area contributed by atoms with Crippen molar-refractivity contribution in [1.82, 2.24) is 0 Å². The average molecular weight is 181 g/mol. The highest BCUT2D eigenvalue weighted by molar-refractivity contribution is 5.33. The molecule has 5 nitrogen and oxygen atoms in total. The molecular weight excluding hydrogens is 174 g/mol. The first-order chi connectivity index (χ1) is 6.11. The van der Waals surface area contributed by atoms with Crippen molar-refractivity contribution in [3.63, 3.8) is 0 Å². The molecular formula is C8H7NO4. The minimum atomic E-state index is -0.396. The summed E-state index contributed by atoms with van der Waals surface area (Å²) < 4.78 is 0. The van der Waals surface area contributed by atoms with E-state index in [1.54, 1.807) is 12.1 Å². The Kier molecular flexibility index (Phi) is 4.76. The minimum Gasteiger partial charge on any atom is -0.258 e. The summed E-state index contributed by atoms with van der Waals surface area (Å²) in [5.41, 5.74) is 1.06. The van der Waals surface area contributed by atoms with Crippen LogP contribution in [-0.4, -0.2) is 11.1 Å². The van der Waals surface area contributed by atoms with Crippen LogP contribution in [0.2, 0.25) is 0 Å². The fraction of sp³-hybridized carbons (Fsp3) is 0.125. The summed E-state index contributed by atoms with van der Waals surface area (Å²) in [5, 5.41) is 10.2. The maximum absolute atomic E-state index is 10.2. The predicted octanol–water partition coefficient (Wildman–Crippen LogP) is 1.32. The Bertz CT molecular complexity index is 329. The van der Waals surface area contributed by atoms with E-state index in [0.717, 1.165) is 5.56 Å². The third-order valence-electron chi connectivity index (χ3n) is 1.21. The van der Waals surface area contributed by atoms with Gasteiger partial charge in [0.15, 0.2) is 0 Å². The van der Waals surface area contributed by atoms with Gasteiger partial charge in [-0.2, -0.15) is 9.59 Å². The molecule has 0 saturated carbocycles. The van der Waals surface area contributed by atoms with Crippen molar-refractivity contribution < 1.29 is 14.5 Å². The molecule has 68 valence electrons. The highest BCUT2D eigenvalue weighted by Crippen LogP contribution is 2.11. The average Bonchev–Trinajstić information content (AvgIpc) is 2.05. The van der Waals surface area contributed by atoms with Crippen molar-refractivity contribution in [1.29, 1.82) is 0 Å². The zero-order valence-electron chi connectivity index (χ0n) is 6.89. The predicted molar refractivity (Wildman–Crippen MR) is 42.8 cm³/mol. The first-order valence-electron chi connectivity index (χ1n) is 3.32.